The minimum atomic E-state index is -0.963. The highest BCUT2D eigenvalue weighted by molar-refractivity contribution is 9.10. The van der Waals surface area contributed by atoms with Crippen molar-refractivity contribution in [2.75, 3.05) is 6.54 Å². The molecular formula is C13H14BrF2N3O. The maximum absolute atomic E-state index is 13.5. The Balaban J connectivity index is 2.15. The van der Waals surface area contributed by atoms with Crippen LogP contribution in [0.3, 0.4) is 0 Å². The van der Waals surface area contributed by atoms with Gasteiger partial charge in [-0.3, -0.25) is 0 Å². The highest BCUT2D eigenvalue weighted by Gasteiger charge is 2.16. The summed E-state index contributed by atoms with van der Waals surface area (Å²) in [6, 6.07) is 2.81. The van der Waals surface area contributed by atoms with Crippen molar-refractivity contribution in [1.29, 1.82) is 0 Å². The molecule has 7 heteroatoms. The van der Waals surface area contributed by atoms with E-state index in [1.165, 1.54) is 6.07 Å². The molecule has 0 saturated carbocycles. The van der Waals surface area contributed by atoms with Crippen molar-refractivity contribution in [1.82, 2.24) is 15.5 Å². The number of rotatable bonds is 5. The third kappa shape index (κ3) is 3.40. The molecule has 0 atom stereocenters. The first-order valence-electron chi connectivity index (χ1n) is 6.19. The maximum Gasteiger partial charge on any atom is 0.228 e. The van der Waals surface area contributed by atoms with Gasteiger partial charge in [0.15, 0.2) is 11.6 Å². The van der Waals surface area contributed by atoms with Crippen LogP contribution in [0.1, 0.15) is 19.7 Å². The van der Waals surface area contributed by atoms with Gasteiger partial charge in [-0.1, -0.05) is 19.0 Å². The summed E-state index contributed by atoms with van der Waals surface area (Å²) < 4.78 is 31.6. The smallest absolute Gasteiger partial charge is 0.228 e. The van der Waals surface area contributed by atoms with Crippen LogP contribution in [0.5, 0.6) is 0 Å². The molecule has 0 unspecified atom stereocenters. The molecule has 0 spiro atoms. The van der Waals surface area contributed by atoms with Gasteiger partial charge in [0, 0.05) is 24.6 Å². The van der Waals surface area contributed by atoms with E-state index in [0.29, 0.717) is 30.5 Å². The minimum absolute atomic E-state index is 0.00912. The van der Waals surface area contributed by atoms with E-state index in [1.54, 1.807) is 0 Å². The SMILES string of the molecule is CC(C)NCCc1nc(-c2ccc(F)c(F)c2Br)no1. The first-order valence-corrected chi connectivity index (χ1v) is 6.98. The molecule has 0 fully saturated rings. The van der Waals surface area contributed by atoms with Gasteiger partial charge in [0.05, 0.1) is 4.47 Å². The zero-order valence-corrected chi connectivity index (χ0v) is 12.7. The fourth-order valence-electron chi connectivity index (χ4n) is 1.63. The number of nitrogens with one attached hydrogen (secondary N) is 1. The van der Waals surface area contributed by atoms with Gasteiger partial charge in [0.25, 0.3) is 0 Å². The summed E-state index contributed by atoms with van der Waals surface area (Å²) >= 11 is 3.00. The molecule has 2 rings (SSSR count). The van der Waals surface area contributed by atoms with Gasteiger partial charge < -0.3 is 9.84 Å². The number of halogens is 3. The Morgan fingerprint density at radius 3 is 2.80 bits per heavy atom. The van der Waals surface area contributed by atoms with Gasteiger partial charge in [-0.25, -0.2) is 8.78 Å². The summed E-state index contributed by atoms with van der Waals surface area (Å²) in [5.74, 6) is -1.21. The second-order valence-electron chi connectivity index (χ2n) is 4.59. The van der Waals surface area contributed by atoms with E-state index < -0.39 is 11.6 Å². The first kappa shape index (κ1) is 15.1. The first-order chi connectivity index (χ1) is 9.49. The van der Waals surface area contributed by atoms with Crippen LogP contribution in [0.25, 0.3) is 11.4 Å². The summed E-state index contributed by atoms with van der Waals surface area (Å²) in [7, 11) is 0. The second kappa shape index (κ2) is 6.41. The highest BCUT2D eigenvalue weighted by Crippen LogP contribution is 2.29. The summed E-state index contributed by atoms with van der Waals surface area (Å²) in [6.07, 6.45) is 0.576. The van der Waals surface area contributed by atoms with E-state index >= 15 is 0 Å². The molecule has 1 heterocycles. The van der Waals surface area contributed by atoms with Crippen molar-refractivity contribution in [3.8, 4) is 11.4 Å². The molecule has 0 aliphatic rings. The largest absolute Gasteiger partial charge is 0.339 e. The molecule has 20 heavy (non-hydrogen) atoms. The summed E-state index contributed by atoms with van der Waals surface area (Å²) in [4.78, 5) is 4.17. The van der Waals surface area contributed by atoms with Gasteiger partial charge in [0.2, 0.25) is 11.7 Å². The molecule has 0 amide bonds. The number of nitrogens with zero attached hydrogens (tertiary/aromatic N) is 2. The second-order valence-corrected chi connectivity index (χ2v) is 5.39. The number of aromatic nitrogens is 2. The number of benzene rings is 1. The average molecular weight is 346 g/mol. The molecule has 4 nitrogen and oxygen atoms in total. The fourth-order valence-corrected chi connectivity index (χ4v) is 2.13. The lowest BCUT2D eigenvalue weighted by Gasteiger charge is -2.04. The zero-order valence-electron chi connectivity index (χ0n) is 11.1. The topological polar surface area (TPSA) is 51.0 Å². The Morgan fingerprint density at radius 2 is 2.10 bits per heavy atom. The molecule has 0 radical (unpaired) electrons. The number of hydrogen-bond acceptors (Lipinski definition) is 4. The van der Waals surface area contributed by atoms with E-state index in [2.05, 4.69) is 31.4 Å². The third-order valence-corrected chi connectivity index (χ3v) is 3.41. The van der Waals surface area contributed by atoms with E-state index in [9.17, 15) is 8.78 Å². The van der Waals surface area contributed by atoms with Crippen LogP contribution in [-0.2, 0) is 6.42 Å². The van der Waals surface area contributed by atoms with Crippen LogP contribution < -0.4 is 5.32 Å². The minimum Gasteiger partial charge on any atom is -0.339 e. The Bertz CT molecular complexity index is 601. The highest BCUT2D eigenvalue weighted by atomic mass is 79.9. The summed E-state index contributed by atoms with van der Waals surface area (Å²) in [5.41, 5.74) is 0.357. The van der Waals surface area contributed by atoms with Gasteiger partial charge in [-0.05, 0) is 28.1 Å². The predicted molar refractivity (Wildman–Crippen MR) is 74.2 cm³/mol. The van der Waals surface area contributed by atoms with Crippen molar-refractivity contribution in [2.45, 2.75) is 26.3 Å². The molecule has 0 bridgehead atoms. The standard InChI is InChI=1S/C13H14BrF2N3O/c1-7(2)17-6-5-10-18-13(19-20-10)8-3-4-9(15)12(16)11(8)14/h3-4,7,17H,5-6H2,1-2H3. The Morgan fingerprint density at radius 1 is 1.35 bits per heavy atom. The Hall–Kier alpha value is -1.34. The normalized spacial score (nSPS) is 11.3. The van der Waals surface area contributed by atoms with Gasteiger partial charge >= 0.3 is 0 Å². The maximum atomic E-state index is 13.5. The van der Waals surface area contributed by atoms with E-state index in [0.717, 1.165) is 6.07 Å². The van der Waals surface area contributed by atoms with Crippen molar-refractivity contribution < 1.29 is 13.3 Å². The summed E-state index contributed by atoms with van der Waals surface area (Å²) in [5, 5.41) is 7.01. The van der Waals surface area contributed by atoms with E-state index in [1.807, 2.05) is 13.8 Å². The van der Waals surface area contributed by atoms with Crippen molar-refractivity contribution in [3.63, 3.8) is 0 Å². The van der Waals surface area contributed by atoms with Gasteiger partial charge in [0.1, 0.15) is 0 Å². The molecule has 2 aromatic rings. The molecule has 108 valence electrons. The third-order valence-electron chi connectivity index (χ3n) is 2.64. The van der Waals surface area contributed by atoms with Crippen molar-refractivity contribution >= 4 is 15.9 Å². The lowest BCUT2D eigenvalue weighted by Crippen LogP contribution is -2.25. The molecule has 1 aromatic heterocycles. The lowest BCUT2D eigenvalue weighted by atomic mass is 10.2. The zero-order chi connectivity index (χ0) is 14.7. The van der Waals surface area contributed by atoms with Crippen LogP contribution >= 0.6 is 15.9 Å². The quantitative estimate of drug-likeness (QED) is 0.844. The Kier molecular flexibility index (Phi) is 4.82. The van der Waals surface area contributed by atoms with Crippen LogP contribution in [0.15, 0.2) is 21.1 Å². The molecular weight excluding hydrogens is 332 g/mol. The monoisotopic (exact) mass is 345 g/mol. The van der Waals surface area contributed by atoms with E-state index in [-0.39, 0.29) is 10.3 Å². The summed E-state index contributed by atoms with van der Waals surface area (Å²) in [6.45, 7) is 4.79. The van der Waals surface area contributed by atoms with Crippen LogP contribution in [-0.4, -0.2) is 22.7 Å². The Labute approximate surface area is 123 Å². The van der Waals surface area contributed by atoms with Crippen LogP contribution in [0, 0.1) is 11.6 Å². The predicted octanol–water partition coefficient (Wildman–Crippen LogP) is 3.32. The van der Waals surface area contributed by atoms with Crippen molar-refractivity contribution in [2.24, 2.45) is 0 Å². The van der Waals surface area contributed by atoms with E-state index in [4.69, 9.17) is 4.52 Å². The average Bonchev–Trinajstić information content (AvgIpc) is 2.84. The van der Waals surface area contributed by atoms with Crippen LogP contribution in [0.4, 0.5) is 8.78 Å². The van der Waals surface area contributed by atoms with Crippen molar-refractivity contribution in [3.05, 3.63) is 34.1 Å². The molecule has 1 N–H and O–H groups in total. The number of hydrogen-bond donors (Lipinski definition) is 1. The molecule has 0 saturated heterocycles. The molecule has 0 aliphatic carbocycles. The van der Waals surface area contributed by atoms with Gasteiger partial charge in [-0.2, -0.15) is 4.98 Å². The lowest BCUT2D eigenvalue weighted by molar-refractivity contribution is 0.374. The molecule has 1 aromatic carbocycles. The fraction of sp³-hybridized carbons (Fsp3) is 0.385. The molecule has 0 aliphatic heterocycles. The van der Waals surface area contributed by atoms with Crippen LogP contribution in [0.2, 0.25) is 0 Å². The van der Waals surface area contributed by atoms with Gasteiger partial charge in [-0.15, -0.1) is 0 Å².